The van der Waals surface area contributed by atoms with Gasteiger partial charge in [-0.15, -0.1) is 0 Å². The van der Waals surface area contributed by atoms with Crippen molar-refractivity contribution in [3.8, 4) is 0 Å². The van der Waals surface area contributed by atoms with Gasteiger partial charge in [-0.2, -0.15) is 0 Å². The Kier molecular flexibility index (Phi) is 7.83. The smallest absolute Gasteiger partial charge is 0.251 e. The molecule has 0 aliphatic rings. The zero-order valence-corrected chi connectivity index (χ0v) is 14.8. The van der Waals surface area contributed by atoms with Crippen LogP contribution in [0.3, 0.4) is 0 Å². The summed E-state index contributed by atoms with van der Waals surface area (Å²) >= 11 is 0. The highest BCUT2D eigenvalue weighted by Crippen LogP contribution is 2.11. The maximum absolute atomic E-state index is 12.2. The van der Waals surface area contributed by atoms with E-state index in [2.05, 4.69) is 15.4 Å². The van der Waals surface area contributed by atoms with Gasteiger partial charge in [0.1, 0.15) is 0 Å². The van der Waals surface area contributed by atoms with Gasteiger partial charge in [0.05, 0.1) is 11.0 Å². The maximum Gasteiger partial charge on any atom is 0.251 e. The van der Waals surface area contributed by atoms with Gasteiger partial charge in [-0.3, -0.25) is 9.59 Å². The predicted octanol–water partition coefficient (Wildman–Crippen LogP) is -0.134. The number of hydrogen-bond acceptors (Lipinski definition) is 5. The van der Waals surface area contributed by atoms with E-state index in [-0.39, 0.29) is 41.5 Å². The predicted molar refractivity (Wildman–Crippen MR) is 89.1 cm³/mol. The summed E-state index contributed by atoms with van der Waals surface area (Å²) < 4.78 is 31.8. The lowest BCUT2D eigenvalue weighted by Gasteiger charge is -2.12. The minimum Gasteiger partial charge on any atom is -0.380 e. The third-order valence-corrected chi connectivity index (χ3v) is 4.61. The van der Waals surface area contributed by atoms with Crippen molar-refractivity contribution in [2.75, 3.05) is 26.7 Å². The number of sulfonamides is 1. The Morgan fingerprint density at radius 2 is 1.92 bits per heavy atom. The molecule has 8 nitrogen and oxygen atoms in total. The first kappa shape index (κ1) is 20.1. The first-order chi connectivity index (χ1) is 11.3. The number of methoxy groups -OCH3 is 1. The van der Waals surface area contributed by atoms with E-state index in [1.54, 1.807) is 6.92 Å². The fourth-order valence-electron chi connectivity index (χ4n) is 1.73. The van der Waals surface area contributed by atoms with Gasteiger partial charge in [0.2, 0.25) is 15.9 Å². The lowest BCUT2D eigenvalue weighted by Crippen LogP contribution is -2.34. The molecule has 2 amide bonds. The Morgan fingerprint density at radius 3 is 2.54 bits per heavy atom. The van der Waals surface area contributed by atoms with E-state index in [1.807, 2.05) is 0 Å². The summed E-state index contributed by atoms with van der Waals surface area (Å²) in [6, 6.07) is 5.73. The Hall–Kier alpha value is -1.97. The van der Waals surface area contributed by atoms with Crippen LogP contribution in [0.1, 0.15) is 24.2 Å². The fourth-order valence-corrected chi connectivity index (χ4v) is 2.81. The molecule has 0 heterocycles. The van der Waals surface area contributed by atoms with Crippen molar-refractivity contribution in [3.63, 3.8) is 0 Å². The highest BCUT2D eigenvalue weighted by atomic mass is 32.2. The third-order valence-electron chi connectivity index (χ3n) is 3.15. The Bertz CT molecular complexity index is 675. The molecule has 0 saturated carbocycles. The molecule has 134 valence electrons. The molecule has 0 saturated heterocycles. The first-order valence-electron chi connectivity index (χ1n) is 7.41. The molecule has 3 N–H and O–H groups in total. The van der Waals surface area contributed by atoms with E-state index in [9.17, 15) is 18.0 Å². The second kappa shape index (κ2) is 9.36. The number of hydrogen-bond donors (Lipinski definition) is 3. The molecule has 0 aliphatic carbocycles. The topological polar surface area (TPSA) is 114 Å². The second-order valence-electron chi connectivity index (χ2n) is 5.16. The van der Waals surface area contributed by atoms with Crippen molar-refractivity contribution in [2.24, 2.45) is 0 Å². The van der Waals surface area contributed by atoms with Crippen molar-refractivity contribution in [2.45, 2.75) is 24.8 Å². The quantitative estimate of drug-likeness (QED) is 0.533. The molecule has 1 atom stereocenters. The highest BCUT2D eigenvalue weighted by Gasteiger charge is 2.16. The van der Waals surface area contributed by atoms with Gasteiger partial charge in [-0.1, -0.05) is 6.07 Å². The summed E-state index contributed by atoms with van der Waals surface area (Å²) in [5.74, 6) is -0.618. The van der Waals surface area contributed by atoms with Crippen molar-refractivity contribution < 1.29 is 22.7 Å². The molecular formula is C15H23N3O5S. The van der Waals surface area contributed by atoms with E-state index in [0.29, 0.717) is 6.54 Å². The van der Waals surface area contributed by atoms with Gasteiger partial charge in [-0.05, 0) is 25.1 Å². The van der Waals surface area contributed by atoms with Crippen molar-refractivity contribution in [3.05, 3.63) is 29.8 Å². The zero-order chi connectivity index (χ0) is 18.2. The third kappa shape index (κ3) is 6.65. The molecule has 0 bridgehead atoms. The fraction of sp³-hybridized carbons (Fsp3) is 0.467. The SMILES string of the molecule is CO[C@@H](C)CNC(=O)c1cccc(S(=O)(=O)NCCNC(C)=O)c1. The largest absolute Gasteiger partial charge is 0.380 e. The van der Waals surface area contributed by atoms with E-state index in [4.69, 9.17) is 4.74 Å². The van der Waals surface area contributed by atoms with Crippen LogP contribution < -0.4 is 15.4 Å². The number of ether oxygens (including phenoxy) is 1. The van der Waals surface area contributed by atoms with Crippen LogP contribution in [0.25, 0.3) is 0 Å². The molecule has 1 aromatic carbocycles. The lowest BCUT2D eigenvalue weighted by molar-refractivity contribution is -0.118. The molecule has 0 radical (unpaired) electrons. The number of amides is 2. The molecular weight excluding hydrogens is 334 g/mol. The van der Waals surface area contributed by atoms with Gasteiger partial charge >= 0.3 is 0 Å². The molecule has 1 rings (SSSR count). The number of nitrogens with one attached hydrogen (secondary N) is 3. The van der Waals surface area contributed by atoms with Crippen LogP contribution in [-0.4, -0.2) is 53.1 Å². The molecule has 0 unspecified atom stereocenters. The number of carbonyl (C=O) groups is 2. The highest BCUT2D eigenvalue weighted by molar-refractivity contribution is 7.89. The van der Waals surface area contributed by atoms with Crippen LogP contribution in [0.2, 0.25) is 0 Å². The Morgan fingerprint density at radius 1 is 1.21 bits per heavy atom. The standard InChI is InChI=1S/C15H23N3O5S/c1-11(23-3)10-17-15(20)13-5-4-6-14(9-13)24(21,22)18-8-7-16-12(2)19/h4-6,9,11,18H,7-8,10H2,1-3H3,(H,16,19)(H,17,20)/t11-/m0/s1. The average molecular weight is 357 g/mol. The van der Waals surface area contributed by atoms with Crippen LogP contribution >= 0.6 is 0 Å². The van der Waals surface area contributed by atoms with E-state index < -0.39 is 10.0 Å². The minimum atomic E-state index is -3.76. The molecule has 0 fully saturated rings. The van der Waals surface area contributed by atoms with Gasteiger partial charge in [0.25, 0.3) is 5.91 Å². The number of benzene rings is 1. The van der Waals surface area contributed by atoms with Crippen LogP contribution in [0, 0.1) is 0 Å². The van der Waals surface area contributed by atoms with E-state index >= 15 is 0 Å². The summed E-state index contributed by atoms with van der Waals surface area (Å²) in [5.41, 5.74) is 0.239. The summed E-state index contributed by atoms with van der Waals surface area (Å²) in [4.78, 5) is 22.8. The minimum absolute atomic E-state index is 0.0160. The average Bonchev–Trinajstić information content (AvgIpc) is 2.56. The van der Waals surface area contributed by atoms with Crippen LogP contribution in [0.15, 0.2) is 29.2 Å². The lowest BCUT2D eigenvalue weighted by atomic mass is 10.2. The summed E-state index contributed by atoms with van der Waals surface area (Å²) in [5, 5.41) is 5.16. The zero-order valence-electron chi connectivity index (χ0n) is 14.0. The molecule has 24 heavy (non-hydrogen) atoms. The van der Waals surface area contributed by atoms with Gasteiger partial charge < -0.3 is 15.4 Å². The Balaban J connectivity index is 2.72. The summed E-state index contributed by atoms with van der Waals surface area (Å²) in [6.45, 7) is 3.72. The van der Waals surface area contributed by atoms with Crippen molar-refractivity contribution >= 4 is 21.8 Å². The first-order valence-corrected chi connectivity index (χ1v) is 8.89. The molecule has 0 aromatic heterocycles. The normalized spacial score (nSPS) is 12.5. The Labute approximate surface area is 142 Å². The van der Waals surface area contributed by atoms with Gasteiger partial charge in [0, 0.05) is 39.2 Å². The van der Waals surface area contributed by atoms with Gasteiger partial charge in [-0.25, -0.2) is 13.1 Å². The molecule has 1 aromatic rings. The maximum atomic E-state index is 12.2. The molecule has 0 aliphatic heterocycles. The van der Waals surface area contributed by atoms with Crippen molar-refractivity contribution in [1.82, 2.24) is 15.4 Å². The number of rotatable bonds is 9. The number of carbonyl (C=O) groups excluding carboxylic acids is 2. The molecule has 9 heteroatoms. The van der Waals surface area contributed by atoms with Crippen LogP contribution in [0.5, 0.6) is 0 Å². The van der Waals surface area contributed by atoms with Crippen molar-refractivity contribution in [1.29, 1.82) is 0 Å². The summed E-state index contributed by atoms with van der Waals surface area (Å²) in [7, 11) is -2.22. The van der Waals surface area contributed by atoms with Crippen LogP contribution in [0.4, 0.5) is 0 Å². The second-order valence-corrected chi connectivity index (χ2v) is 6.93. The molecule has 0 spiro atoms. The van der Waals surface area contributed by atoms with Crippen LogP contribution in [-0.2, 0) is 19.6 Å². The monoisotopic (exact) mass is 357 g/mol. The van der Waals surface area contributed by atoms with Gasteiger partial charge in [0.15, 0.2) is 0 Å². The summed E-state index contributed by atoms with van der Waals surface area (Å²) in [6.07, 6.45) is -0.142. The van der Waals surface area contributed by atoms with E-state index in [0.717, 1.165) is 0 Å². The van der Waals surface area contributed by atoms with E-state index in [1.165, 1.54) is 38.3 Å².